The highest BCUT2D eigenvalue weighted by Crippen LogP contribution is 2.27. The molecule has 6 nitrogen and oxygen atoms in total. The van der Waals surface area contributed by atoms with Gasteiger partial charge in [-0.2, -0.15) is 4.98 Å². The van der Waals surface area contributed by atoms with Crippen molar-refractivity contribution in [2.75, 3.05) is 23.9 Å². The average Bonchev–Trinajstić information content (AvgIpc) is 2.65. The van der Waals surface area contributed by atoms with Gasteiger partial charge in [0.25, 0.3) is 0 Å². The lowest BCUT2D eigenvalue weighted by Gasteiger charge is -2.12. The van der Waals surface area contributed by atoms with Crippen molar-refractivity contribution >= 4 is 21.6 Å². The summed E-state index contributed by atoms with van der Waals surface area (Å²) in [4.78, 5) is 8.79. The van der Waals surface area contributed by atoms with Gasteiger partial charge in [0.05, 0.1) is 10.6 Å². The van der Waals surface area contributed by atoms with Crippen LogP contribution in [0.3, 0.4) is 0 Å². The summed E-state index contributed by atoms with van der Waals surface area (Å²) >= 11 is 0. The van der Waals surface area contributed by atoms with Crippen molar-refractivity contribution in [2.45, 2.75) is 25.2 Å². The van der Waals surface area contributed by atoms with Crippen LogP contribution >= 0.6 is 0 Å². The molecule has 0 atom stereocenters. The summed E-state index contributed by atoms with van der Waals surface area (Å²) in [7, 11) is -3.20. The van der Waals surface area contributed by atoms with E-state index >= 15 is 0 Å². The normalized spacial score (nSPS) is 11.4. The molecule has 3 aromatic rings. The van der Waals surface area contributed by atoms with E-state index in [-0.39, 0.29) is 11.8 Å². The van der Waals surface area contributed by atoms with E-state index in [2.05, 4.69) is 15.3 Å². The Hall–Kier alpha value is -3.00. The fourth-order valence-corrected chi connectivity index (χ4v) is 3.63. The van der Waals surface area contributed by atoms with Crippen LogP contribution in [-0.2, 0) is 16.3 Å². The highest BCUT2D eigenvalue weighted by Gasteiger charge is 2.11. The molecular weight excluding hydrogens is 391 g/mol. The molecule has 3 N–H and O–H groups in total. The fourth-order valence-electron chi connectivity index (χ4n) is 3.00. The van der Waals surface area contributed by atoms with Crippen molar-refractivity contribution in [3.8, 4) is 11.3 Å². The van der Waals surface area contributed by atoms with E-state index in [0.717, 1.165) is 16.7 Å². The number of benzene rings is 2. The van der Waals surface area contributed by atoms with E-state index in [1.165, 1.54) is 12.3 Å². The average molecular weight is 415 g/mol. The number of nitrogen functional groups attached to an aromatic ring is 1. The van der Waals surface area contributed by atoms with Gasteiger partial charge in [-0.15, -0.1) is 0 Å². The molecule has 0 radical (unpaired) electrons. The maximum absolute atomic E-state index is 13.7. The summed E-state index contributed by atoms with van der Waals surface area (Å²) in [5, 5.41) is 3.21. The zero-order valence-corrected chi connectivity index (χ0v) is 17.3. The molecule has 0 aliphatic heterocycles. The Morgan fingerprint density at radius 3 is 2.38 bits per heavy atom. The smallest absolute Gasteiger partial charge is 0.222 e. The highest BCUT2D eigenvalue weighted by molar-refractivity contribution is 7.90. The third-order valence-electron chi connectivity index (χ3n) is 4.81. The van der Waals surface area contributed by atoms with Gasteiger partial charge in [0.15, 0.2) is 9.84 Å². The van der Waals surface area contributed by atoms with Crippen molar-refractivity contribution < 1.29 is 12.8 Å². The number of nitrogens with zero attached hydrogens (tertiary/aromatic N) is 2. The van der Waals surface area contributed by atoms with Crippen LogP contribution in [0.2, 0.25) is 0 Å². The van der Waals surface area contributed by atoms with Crippen LogP contribution in [0.25, 0.3) is 11.3 Å². The second-order valence-corrected chi connectivity index (χ2v) is 8.95. The van der Waals surface area contributed by atoms with E-state index in [1.807, 2.05) is 6.92 Å². The lowest BCUT2D eigenvalue weighted by atomic mass is 10.0. The first-order valence-corrected chi connectivity index (χ1v) is 11.0. The van der Waals surface area contributed by atoms with E-state index in [0.29, 0.717) is 34.9 Å². The predicted molar refractivity (Wildman–Crippen MR) is 113 cm³/mol. The lowest BCUT2D eigenvalue weighted by Crippen LogP contribution is -2.09. The zero-order chi connectivity index (χ0) is 21.2. The Morgan fingerprint density at radius 2 is 1.72 bits per heavy atom. The molecule has 0 saturated carbocycles. The summed E-state index contributed by atoms with van der Waals surface area (Å²) in [6.07, 6.45) is 1.86. The molecule has 0 spiro atoms. The topological polar surface area (TPSA) is 98.0 Å². The number of rotatable bonds is 6. The van der Waals surface area contributed by atoms with Gasteiger partial charge in [0.2, 0.25) is 5.95 Å². The fraction of sp³-hybridized carbons (Fsp3) is 0.238. The SMILES string of the molecule is Cc1c(F)ccc(-c2cc(NCCc3ccc(S(C)(=O)=O)cc3)nc(N)n2)c1C. The molecule has 0 saturated heterocycles. The van der Waals surface area contributed by atoms with E-state index < -0.39 is 9.84 Å². The van der Waals surface area contributed by atoms with Crippen LogP contribution in [0.15, 0.2) is 47.4 Å². The number of anilines is 2. The summed E-state index contributed by atoms with van der Waals surface area (Å²) in [6.45, 7) is 4.15. The molecular formula is C21H23FN4O2S. The van der Waals surface area contributed by atoms with Crippen molar-refractivity contribution in [1.29, 1.82) is 0 Å². The molecule has 1 aromatic heterocycles. The van der Waals surface area contributed by atoms with Gasteiger partial charge in [-0.05, 0) is 61.2 Å². The first-order chi connectivity index (χ1) is 13.6. The van der Waals surface area contributed by atoms with Gasteiger partial charge in [-0.1, -0.05) is 12.1 Å². The molecule has 1 heterocycles. The second kappa shape index (κ2) is 8.16. The maximum Gasteiger partial charge on any atom is 0.222 e. The Bertz CT molecular complexity index is 1150. The van der Waals surface area contributed by atoms with Crippen molar-refractivity contribution in [3.05, 3.63) is 65.0 Å². The van der Waals surface area contributed by atoms with Crippen LogP contribution < -0.4 is 11.1 Å². The Balaban J connectivity index is 1.73. The standard InChI is InChI=1S/C21H23FN4O2S/c1-13-14(2)18(22)9-8-17(13)19-12-20(26-21(23)25-19)24-11-10-15-4-6-16(7-5-15)29(3,27)28/h4-9,12H,10-11H2,1-3H3,(H3,23,24,25,26). The summed E-state index contributed by atoms with van der Waals surface area (Å²) in [5.74, 6) is 0.444. The predicted octanol–water partition coefficient (Wildman–Crippen LogP) is 3.54. The largest absolute Gasteiger partial charge is 0.370 e. The molecule has 0 aliphatic carbocycles. The number of hydrogen-bond acceptors (Lipinski definition) is 6. The van der Waals surface area contributed by atoms with Crippen molar-refractivity contribution in [1.82, 2.24) is 9.97 Å². The quantitative estimate of drug-likeness (QED) is 0.640. The number of hydrogen-bond donors (Lipinski definition) is 2. The van der Waals surface area contributed by atoms with Gasteiger partial charge in [0.1, 0.15) is 11.6 Å². The van der Waals surface area contributed by atoms with Crippen LogP contribution in [0.4, 0.5) is 16.2 Å². The van der Waals surface area contributed by atoms with Crippen molar-refractivity contribution in [2.24, 2.45) is 0 Å². The summed E-state index contributed by atoms with van der Waals surface area (Å²) in [5.41, 5.74) is 9.67. The minimum Gasteiger partial charge on any atom is -0.370 e. The molecule has 0 amide bonds. The minimum atomic E-state index is -3.20. The number of nitrogens with one attached hydrogen (secondary N) is 1. The third-order valence-corrected chi connectivity index (χ3v) is 5.94. The number of aromatic nitrogens is 2. The minimum absolute atomic E-state index is 0.129. The molecule has 0 bridgehead atoms. The molecule has 29 heavy (non-hydrogen) atoms. The summed E-state index contributed by atoms with van der Waals surface area (Å²) in [6, 6.07) is 11.7. The Morgan fingerprint density at radius 1 is 1.03 bits per heavy atom. The summed E-state index contributed by atoms with van der Waals surface area (Å²) < 4.78 is 36.8. The second-order valence-electron chi connectivity index (χ2n) is 6.93. The van der Waals surface area contributed by atoms with Crippen molar-refractivity contribution in [3.63, 3.8) is 0 Å². The van der Waals surface area contributed by atoms with Gasteiger partial charge >= 0.3 is 0 Å². The van der Waals surface area contributed by atoms with Crippen LogP contribution in [-0.4, -0.2) is 31.2 Å². The van der Waals surface area contributed by atoms with E-state index in [9.17, 15) is 12.8 Å². The van der Waals surface area contributed by atoms with E-state index in [1.54, 1.807) is 43.3 Å². The van der Waals surface area contributed by atoms with Gasteiger partial charge in [-0.25, -0.2) is 17.8 Å². The molecule has 8 heteroatoms. The first kappa shape index (κ1) is 20.7. The van der Waals surface area contributed by atoms with E-state index in [4.69, 9.17) is 5.73 Å². The molecule has 0 aliphatic rings. The molecule has 0 unspecified atom stereocenters. The van der Waals surface area contributed by atoms with Crippen LogP contribution in [0.5, 0.6) is 0 Å². The van der Waals surface area contributed by atoms with Crippen LogP contribution in [0, 0.1) is 19.7 Å². The van der Waals surface area contributed by atoms with Gasteiger partial charge in [0, 0.05) is 24.4 Å². The van der Waals surface area contributed by atoms with Gasteiger partial charge < -0.3 is 11.1 Å². The van der Waals surface area contributed by atoms with Gasteiger partial charge in [-0.3, -0.25) is 0 Å². The Kier molecular flexibility index (Phi) is 5.83. The first-order valence-electron chi connectivity index (χ1n) is 9.08. The number of nitrogens with two attached hydrogens (primary N) is 1. The number of halogens is 1. The molecule has 152 valence electrons. The highest BCUT2D eigenvalue weighted by atomic mass is 32.2. The number of sulfone groups is 1. The molecule has 2 aromatic carbocycles. The van der Waals surface area contributed by atoms with Crippen LogP contribution in [0.1, 0.15) is 16.7 Å². The maximum atomic E-state index is 13.7. The zero-order valence-electron chi connectivity index (χ0n) is 16.5. The molecule has 0 fully saturated rings. The monoisotopic (exact) mass is 414 g/mol. The Labute approximate surface area is 169 Å². The lowest BCUT2D eigenvalue weighted by molar-refractivity contribution is 0.602. The third kappa shape index (κ3) is 4.89. The molecule has 3 rings (SSSR count).